The molecule has 0 amide bonds. The van der Waals surface area contributed by atoms with Crippen molar-refractivity contribution in [2.75, 3.05) is 0 Å². The van der Waals surface area contributed by atoms with E-state index in [4.69, 9.17) is 0 Å². The number of halogens is 1. The average molecular weight is 436 g/mol. The maximum atomic E-state index is 13.2. The molecular formula is C21H14BrN3OS. The van der Waals surface area contributed by atoms with Gasteiger partial charge >= 0.3 is 0 Å². The maximum absolute atomic E-state index is 13.2. The van der Waals surface area contributed by atoms with E-state index in [1.165, 1.54) is 4.57 Å². The molecule has 0 saturated heterocycles. The Labute approximate surface area is 168 Å². The van der Waals surface area contributed by atoms with Crippen LogP contribution in [-0.4, -0.2) is 4.57 Å². The summed E-state index contributed by atoms with van der Waals surface area (Å²) >= 11 is 4.63. The molecule has 3 aromatic rings. The van der Waals surface area contributed by atoms with Crippen LogP contribution in [0.1, 0.15) is 16.7 Å². The van der Waals surface area contributed by atoms with Gasteiger partial charge in [-0.05, 0) is 43.2 Å². The number of rotatable bonds is 2. The summed E-state index contributed by atoms with van der Waals surface area (Å²) < 4.78 is 3.13. The second-order valence-electron chi connectivity index (χ2n) is 5.97. The second-order valence-corrected chi connectivity index (χ2v) is 7.85. The van der Waals surface area contributed by atoms with E-state index in [9.17, 15) is 15.3 Å². The van der Waals surface area contributed by atoms with Gasteiger partial charge < -0.3 is 0 Å². The van der Waals surface area contributed by atoms with Gasteiger partial charge in [-0.3, -0.25) is 9.36 Å². The third-order valence-corrected chi connectivity index (χ3v) is 5.86. The van der Waals surface area contributed by atoms with Crippen LogP contribution in [-0.2, 0) is 0 Å². The molecule has 1 heterocycles. The maximum Gasteiger partial charge on any atom is 0.273 e. The van der Waals surface area contributed by atoms with Crippen LogP contribution in [0.15, 0.2) is 51.7 Å². The van der Waals surface area contributed by atoms with Gasteiger partial charge in [-0.15, -0.1) is 11.3 Å². The number of aryl methyl sites for hydroxylation is 2. The van der Waals surface area contributed by atoms with Crippen LogP contribution >= 0.6 is 27.3 Å². The van der Waals surface area contributed by atoms with Crippen molar-refractivity contribution >= 4 is 38.9 Å². The molecule has 4 nitrogen and oxygen atoms in total. The molecule has 2 aromatic carbocycles. The van der Waals surface area contributed by atoms with Gasteiger partial charge in [0, 0.05) is 4.47 Å². The van der Waals surface area contributed by atoms with E-state index >= 15 is 0 Å². The minimum Gasteiger partial charge on any atom is -0.267 e. The van der Waals surface area contributed by atoms with Crippen molar-refractivity contribution in [2.24, 2.45) is 0 Å². The third-order valence-electron chi connectivity index (χ3n) is 4.05. The van der Waals surface area contributed by atoms with Gasteiger partial charge in [0.2, 0.25) is 0 Å². The summed E-state index contributed by atoms with van der Waals surface area (Å²) in [4.78, 5) is 13.2. The number of aromatic nitrogens is 1. The van der Waals surface area contributed by atoms with E-state index in [0.717, 1.165) is 32.5 Å². The lowest BCUT2D eigenvalue weighted by Crippen LogP contribution is -2.31. The fourth-order valence-corrected chi connectivity index (χ4v) is 4.22. The number of nitrogens with zero attached hydrogens (tertiary/aromatic N) is 3. The standard InChI is InChI=1S/C21H14BrN3OS/c1-13-7-8-18(14(2)9-13)25-20(26)19(27-21(25)16(11-23)12-24)10-15-5-3-4-6-17(15)22/h3-10H,1-2H3/b19-10+. The molecule has 27 heavy (non-hydrogen) atoms. The molecule has 0 spiro atoms. The summed E-state index contributed by atoms with van der Waals surface area (Å²) in [5, 5.41) is 18.7. The Kier molecular flexibility index (Phi) is 5.41. The zero-order valence-corrected chi connectivity index (χ0v) is 17.1. The smallest absolute Gasteiger partial charge is 0.267 e. The Balaban J connectivity index is 2.45. The topological polar surface area (TPSA) is 69.6 Å². The number of benzene rings is 2. The molecule has 0 atom stereocenters. The first-order chi connectivity index (χ1) is 13.0. The van der Waals surface area contributed by atoms with Crippen LogP contribution in [0.25, 0.3) is 17.3 Å². The highest BCUT2D eigenvalue weighted by molar-refractivity contribution is 9.10. The van der Waals surface area contributed by atoms with E-state index < -0.39 is 0 Å². The Hall–Kier alpha value is -2.93. The minimum absolute atomic E-state index is 0.0798. The van der Waals surface area contributed by atoms with Gasteiger partial charge in [0.05, 0.1) is 10.2 Å². The first-order valence-corrected chi connectivity index (χ1v) is 9.67. The van der Waals surface area contributed by atoms with Crippen molar-refractivity contribution < 1.29 is 0 Å². The summed E-state index contributed by atoms with van der Waals surface area (Å²) in [6.07, 6.45) is 1.77. The summed E-state index contributed by atoms with van der Waals surface area (Å²) in [6, 6.07) is 17.1. The highest BCUT2D eigenvalue weighted by atomic mass is 79.9. The highest BCUT2D eigenvalue weighted by Crippen LogP contribution is 2.16. The van der Waals surface area contributed by atoms with E-state index in [1.807, 2.05) is 68.5 Å². The number of hydrogen-bond donors (Lipinski definition) is 0. The number of nitriles is 2. The number of thiazole rings is 1. The van der Waals surface area contributed by atoms with E-state index in [2.05, 4.69) is 15.9 Å². The van der Waals surface area contributed by atoms with Crippen LogP contribution in [0.3, 0.4) is 0 Å². The summed E-state index contributed by atoms with van der Waals surface area (Å²) in [5.41, 5.74) is 3.17. The van der Waals surface area contributed by atoms with E-state index in [-0.39, 0.29) is 11.1 Å². The lowest BCUT2D eigenvalue weighted by atomic mass is 10.1. The molecule has 0 unspecified atom stereocenters. The first-order valence-electron chi connectivity index (χ1n) is 8.06. The van der Waals surface area contributed by atoms with Crippen molar-refractivity contribution in [1.29, 1.82) is 10.5 Å². The van der Waals surface area contributed by atoms with Gasteiger partial charge in [0.1, 0.15) is 16.8 Å². The summed E-state index contributed by atoms with van der Waals surface area (Å²) in [7, 11) is 0. The van der Waals surface area contributed by atoms with Gasteiger partial charge in [0.15, 0.2) is 5.57 Å². The predicted molar refractivity (Wildman–Crippen MR) is 111 cm³/mol. The molecule has 0 bridgehead atoms. The molecule has 132 valence electrons. The zero-order chi connectivity index (χ0) is 19.6. The SMILES string of the molecule is Cc1ccc(-n2c(=C(C#N)C#N)s/c(=C/c3ccccc3Br)c2=O)c(C)c1. The Morgan fingerprint density at radius 3 is 2.48 bits per heavy atom. The summed E-state index contributed by atoms with van der Waals surface area (Å²) in [5.74, 6) is 0. The van der Waals surface area contributed by atoms with Crippen LogP contribution in [0.2, 0.25) is 0 Å². The Morgan fingerprint density at radius 1 is 1.15 bits per heavy atom. The predicted octanol–water partition coefficient (Wildman–Crippen LogP) is 3.31. The van der Waals surface area contributed by atoms with Crippen molar-refractivity contribution in [3.63, 3.8) is 0 Å². The normalized spacial score (nSPS) is 11.1. The quantitative estimate of drug-likeness (QED) is 0.619. The summed E-state index contributed by atoms with van der Waals surface area (Å²) in [6.45, 7) is 3.88. The molecule has 0 radical (unpaired) electrons. The van der Waals surface area contributed by atoms with Crippen LogP contribution in [0, 0.1) is 36.5 Å². The average Bonchev–Trinajstić information content (AvgIpc) is 2.95. The molecular weight excluding hydrogens is 422 g/mol. The monoisotopic (exact) mass is 435 g/mol. The molecule has 0 N–H and O–H groups in total. The zero-order valence-electron chi connectivity index (χ0n) is 14.7. The fourth-order valence-electron chi connectivity index (χ4n) is 2.78. The lowest BCUT2D eigenvalue weighted by molar-refractivity contribution is 0.973. The van der Waals surface area contributed by atoms with Gasteiger partial charge in [-0.1, -0.05) is 51.8 Å². The molecule has 0 fully saturated rings. The first kappa shape index (κ1) is 18.8. The second kappa shape index (κ2) is 7.75. The van der Waals surface area contributed by atoms with Gasteiger partial charge in [-0.2, -0.15) is 10.5 Å². The third kappa shape index (κ3) is 3.64. The van der Waals surface area contributed by atoms with Crippen molar-refractivity contribution in [3.05, 3.63) is 83.2 Å². The van der Waals surface area contributed by atoms with Crippen molar-refractivity contribution in [2.45, 2.75) is 13.8 Å². The highest BCUT2D eigenvalue weighted by Gasteiger charge is 2.13. The van der Waals surface area contributed by atoms with Crippen LogP contribution < -0.4 is 14.8 Å². The molecule has 0 aliphatic heterocycles. The van der Waals surface area contributed by atoms with Gasteiger partial charge in [-0.25, -0.2) is 0 Å². The molecule has 3 rings (SSSR count). The van der Waals surface area contributed by atoms with E-state index in [0.29, 0.717) is 14.9 Å². The molecule has 0 aliphatic carbocycles. The fraction of sp³-hybridized carbons (Fsp3) is 0.0952. The van der Waals surface area contributed by atoms with Crippen LogP contribution in [0.5, 0.6) is 0 Å². The van der Waals surface area contributed by atoms with E-state index in [1.54, 1.807) is 6.08 Å². The van der Waals surface area contributed by atoms with Crippen molar-refractivity contribution in [1.82, 2.24) is 4.57 Å². The lowest BCUT2D eigenvalue weighted by Gasteiger charge is -2.07. The molecule has 0 saturated carbocycles. The Bertz CT molecular complexity index is 1290. The molecule has 0 aliphatic rings. The largest absolute Gasteiger partial charge is 0.273 e. The Morgan fingerprint density at radius 2 is 1.85 bits per heavy atom. The van der Waals surface area contributed by atoms with Gasteiger partial charge in [0.25, 0.3) is 5.56 Å². The number of hydrogen-bond acceptors (Lipinski definition) is 4. The minimum atomic E-state index is -0.249. The van der Waals surface area contributed by atoms with Crippen LogP contribution in [0.4, 0.5) is 0 Å². The molecule has 6 heteroatoms. The molecule has 1 aromatic heterocycles. The van der Waals surface area contributed by atoms with Crippen molar-refractivity contribution in [3.8, 4) is 17.8 Å².